The van der Waals surface area contributed by atoms with Crippen molar-refractivity contribution in [1.29, 1.82) is 0 Å². The summed E-state index contributed by atoms with van der Waals surface area (Å²) in [6.45, 7) is 1.09. The van der Waals surface area contributed by atoms with Crippen LogP contribution in [0.5, 0.6) is 0 Å². The minimum atomic E-state index is -1.05. The summed E-state index contributed by atoms with van der Waals surface area (Å²) in [6, 6.07) is 9.45. The van der Waals surface area contributed by atoms with Gasteiger partial charge in [-0.2, -0.15) is 4.98 Å². The van der Waals surface area contributed by atoms with Crippen LogP contribution in [0.4, 0.5) is 20.5 Å². The molecule has 1 aliphatic heterocycles. The minimum absolute atomic E-state index is 0.261. The van der Waals surface area contributed by atoms with Gasteiger partial charge >= 0.3 is 5.97 Å². The van der Waals surface area contributed by atoms with Crippen LogP contribution in [0, 0.1) is 17.6 Å². The summed E-state index contributed by atoms with van der Waals surface area (Å²) >= 11 is 0. The fourth-order valence-corrected chi connectivity index (χ4v) is 3.47. The Balaban J connectivity index is 1.41. The van der Waals surface area contributed by atoms with Crippen LogP contribution in [0.1, 0.15) is 23.2 Å². The highest BCUT2D eigenvalue weighted by Crippen LogP contribution is 2.28. The summed E-state index contributed by atoms with van der Waals surface area (Å²) in [7, 11) is 1.09. The van der Waals surface area contributed by atoms with E-state index >= 15 is 0 Å². The van der Waals surface area contributed by atoms with Crippen molar-refractivity contribution in [3.05, 3.63) is 53.6 Å². The van der Waals surface area contributed by atoms with E-state index in [4.69, 9.17) is 4.42 Å². The van der Waals surface area contributed by atoms with Gasteiger partial charge in [-0.1, -0.05) is 12.1 Å². The highest BCUT2D eigenvalue weighted by Gasteiger charge is 2.28. The Morgan fingerprint density at radius 2 is 1.90 bits per heavy atom. The number of esters is 1. The van der Waals surface area contributed by atoms with Crippen molar-refractivity contribution in [2.24, 2.45) is 5.92 Å². The molecule has 1 N–H and O–H groups in total. The van der Waals surface area contributed by atoms with Gasteiger partial charge < -0.3 is 19.4 Å². The van der Waals surface area contributed by atoms with Crippen molar-refractivity contribution < 1.29 is 27.5 Å². The van der Waals surface area contributed by atoms with Gasteiger partial charge in [0.15, 0.2) is 5.58 Å². The molecular weight excluding hydrogens is 396 g/mol. The summed E-state index contributed by atoms with van der Waals surface area (Å²) in [5.74, 6) is -3.72. The molecule has 2 heterocycles. The first-order valence-corrected chi connectivity index (χ1v) is 9.45. The third kappa shape index (κ3) is 3.83. The SMILES string of the molecule is COC(=O)c1cc(NC(=O)C2CCN(c3nc4ccccc4o3)CC2)c(F)cc1F. The molecule has 7 nitrogen and oxygen atoms in total. The Hall–Kier alpha value is -3.49. The van der Waals surface area contributed by atoms with E-state index in [9.17, 15) is 18.4 Å². The summed E-state index contributed by atoms with van der Waals surface area (Å²) in [5, 5.41) is 2.46. The summed E-state index contributed by atoms with van der Waals surface area (Å²) in [5.41, 5.74) is 0.754. The lowest BCUT2D eigenvalue weighted by Crippen LogP contribution is -2.38. The van der Waals surface area contributed by atoms with E-state index < -0.39 is 29.1 Å². The third-order valence-corrected chi connectivity index (χ3v) is 5.14. The molecule has 0 atom stereocenters. The van der Waals surface area contributed by atoms with Gasteiger partial charge in [-0.05, 0) is 31.0 Å². The maximum atomic E-state index is 14.1. The average Bonchev–Trinajstić information content (AvgIpc) is 3.19. The van der Waals surface area contributed by atoms with Gasteiger partial charge in [-0.25, -0.2) is 13.6 Å². The van der Waals surface area contributed by atoms with Gasteiger partial charge in [0.05, 0.1) is 18.4 Å². The number of ether oxygens (including phenoxy) is 1. The van der Waals surface area contributed by atoms with Crippen molar-refractivity contribution in [2.45, 2.75) is 12.8 Å². The minimum Gasteiger partial charge on any atom is -0.465 e. The van der Waals surface area contributed by atoms with Crippen LogP contribution in [0.2, 0.25) is 0 Å². The second kappa shape index (κ2) is 8.10. The van der Waals surface area contributed by atoms with Crippen LogP contribution in [-0.2, 0) is 9.53 Å². The number of carbonyl (C=O) groups excluding carboxylic acids is 2. The topological polar surface area (TPSA) is 84.7 Å². The van der Waals surface area contributed by atoms with Crippen LogP contribution in [0.15, 0.2) is 40.8 Å². The number of hydrogen-bond donors (Lipinski definition) is 1. The molecule has 1 fully saturated rings. The van der Waals surface area contributed by atoms with Crippen molar-refractivity contribution in [1.82, 2.24) is 4.98 Å². The first-order chi connectivity index (χ1) is 14.5. The molecule has 2 aromatic carbocycles. The molecule has 1 amide bonds. The number of aromatic nitrogens is 1. The largest absolute Gasteiger partial charge is 0.465 e. The number of piperidine rings is 1. The number of para-hydroxylation sites is 2. The molecule has 1 saturated heterocycles. The van der Waals surface area contributed by atoms with Gasteiger partial charge in [0.2, 0.25) is 5.91 Å². The number of rotatable bonds is 4. The number of nitrogens with one attached hydrogen (secondary N) is 1. The predicted octanol–water partition coefficient (Wildman–Crippen LogP) is 3.75. The predicted molar refractivity (Wildman–Crippen MR) is 105 cm³/mol. The molecule has 3 aromatic rings. The van der Waals surface area contributed by atoms with E-state index in [0.29, 0.717) is 43.6 Å². The van der Waals surface area contributed by atoms with Gasteiger partial charge in [0, 0.05) is 25.1 Å². The van der Waals surface area contributed by atoms with Crippen molar-refractivity contribution >= 4 is 34.7 Å². The normalized spacial score (nSPS) is 14.7. The monoisotopic (exact) mass is 415 g/mol. The van der Waals surface area contributed by atoms with Crippen molar-refractivity contribution in [3.63, 3.8) is 0 Å². The summed E-state index contributed by atoms with van der Waals surface area (Å²) in [6.07, 6.45) is 1.02. The molecule has 0 saturated carbocycles. The number of methoxy groups -OCH3 is 1. The van der Waals surface area contributed by atoms with E-state index in [2.05, 4.69) is 15.0 Å². The third-order valence-electron chi connectivity index (χ3n) is 5.14. The quantitative estimate of drug-likeness (QED) is 0.654. The molecule has 0 aliphatic carbocycles. The molecule has 156 valence electrons. The Morgan fingerprint density at radius 1 is 1.17 bits per heavy atom. The molecule has 0 radical (unpaired) electrons. The Bertz CT molecular complexity index is 1070. The number of nitrogens with zero attached hydrogens (tertiary/aromatic N) is 2. The molecule has 0 unspecified atom stereocenters. The molecule has 0 spiro atoms. The molecular formula is C21H19F2N3O4. The lowest BCUT2D eigenvalue weighted by Gasteiger charge is -2.30. The zero-order valence-corrected chi connectivity index (χ0v) is 16.2. The Kier molecular flexibility index (Phi) is 5.35. The van der Waals surface area contributed by atoms with Crippen molar-refractivity contribution in [2.75, 3.05) is 30.4 Å². The number of anilines is 2. The van der Waals surface area contributed by atoms with Gasteiger partial charge in [0.1, 0.15) is 17.2 Å². The van der Waals surface area contributed by atoms with Gasteiger partial charge in [-0.3, -0.25) is 4.79 Å². The first kappa shape index (κ1) is 19.8. The van der Waals surface area contributed by atoms with Gasteiger partial charge in [0.25, 0.3) is 6.01 Å². The zero-order valence-electron chi connectivity index (χ0n) is 16.2. The first-order valence-electron chi connectivity index (χ1n) is 9.45. The second-order valence-corrected chi connectivity index (χ2v) is 7.02. The maximum Gasteiger partial charge on any atom is 0.340 e. The van der Waals surface area contributed by atoms with E-state index in [1.165, 1.54) is 0 Å². The Morgan fingerprint density at radius 3 is 2.60 bits per heavy atom. The summed E-state index contributed by atoms with van der Waals surface area (Å²) in [4.78, 5) is 30.6. The number of fused-ring (bicyclic) bond motifs is 1. The van der Waals surface area contributed by atoms with Crippen molar-refractivity contribution in [3.8, 4) is 0 Å². The average molecular weight is 415 g/mol. The molecule has 30 heavy (non-hydrogen) atoms. The number of amides is 1. The summed E-state index contributed by atoms with van der Waals surface area (Å²) < 4.78 is 38.1. The molecule has 1 aromatic heterocycles. The van der Waals surface area contributed by atoms with E-state index in [1.807, 2.05) is 29.2 Å². The number of hydrogen-bond acceptors (Lipinski definition) is 6. The highest BCUT2D eigenvalue weighted by atomic mass is 19.1. The fourth-order valence-electron chi connectivity index (χ4n) is 3.47. The van der Waals surface area contributed by atoms with Crippen LogP contribution in [0.25, 0.3) is 11.1 Å². The van der Waals surface area contributed by atoms with E-state index in [-0.39, 0.29) is 11.6 Å². The van der Waals surface area contributed by atoms with Crippen LogP contribution < -0.4 is 10.2 Å². The van der Waals surface area contributed by atoms with Crippen LogP contribution in [-0.4, -0.2) is 37.1 Å². The number of carbonyl (C=O) groups is 2. The highest BCUT2D eigenvalue weighted by molar-refractivity contribution is 5.96. The standard InChI is InChI=1S/C21H19F2N3O4/c1-29-20(28)13-10-17(15(23)11-14(13)22)24-19(27)12-6-8-26(9-7-12)21-25-16-4-2-3-5-18(16)30-21/h2-5,10-12H,6-9H2,1H3,(H,24,27). The number of oxazole rings is 1. The van der Waals surface area contributed by atoms with E-state index in [1.54, 1.807) is 0 Å². The smallest absolute Gasteiger partial charge is 0.340 e. The second-order valence-electron chi connectivity index (χ2n) is 7.02. The zero-order chi connectivity index (χ0) is 21.3. The van der Waals surface area contributed by atoms with Crippen LogP contribution in [0.3, 0.4) is 0 Å². The lowest BCUT2D eigenvalue weighted by molar-refractivity contribution is -0.120. The maximum absolute atomic E-state index is 14.1. The van der Waals surface area contributed by atoms with Gasteiger partial charge in [-0.15, -0.1) is 0 Å². The fraction of sp³-hybridized carbons (Fsp3) is 0.286. The molecule has 4 rings (SSSR count). The van der Waals surface area contributed by atoms with Crippen LogP contribution >= 0.6 is 0 Å². The number of halogens is 2. The van der Waals surface area contributed by atoms with E-state index in [0.717, 1.165) is 18.7 Å². The molecule has 9 heteroatoms. The Labute approximate surface area is 170 Å². The lowest BCUT2D eigenvalue weighted by atomic mass is 9.96. The molecule has 0 bridgehead atoms. The number of benzene rings is 2. The molecule has 1 aliphatic rings.